The Morgan fingerprint density at radius 3 is 2.04 bits per heavy atom. The van der Waals surface area contributed by atoms with Crippen molar-refractivity contribution in [2.24, 2.45) is 5.73 Å². The first kappa shape index (κ1) is 44.1. The number of nitrogens with one attached hydrogen (secondary N) is 5. The number of aliphatic carboxylic acids is 1. The molecule has 2 fully saturated rings. The van der Waals surface area contributed by atoms with Crippen LogP contribution in [-0.2, 0) is 35.2 Å². The molecule has 2 aliphatic heterocycles. The van der Waals surface area contributed by atoms with Gasteiger partial charge >= 0.3 is 5.97 Å². The summed E-state index contributed by atoms with van der Waals surface area (Å²) in [5.41, 5.74) is 6.71. The summed E-state index contributed by atoms with van der Waals surface area (Å²) >= 11 is 0. The average molecular weight is 823 g/mol. The van der Waals surface area contributed by atoms with Gasteiger partial charge in [-0.2, -0.15) is 0 Å². The van der Waals surface area contributed by atoms with Crippen LogP contribution in [0.2, 0.25) is 0 Å². The number of hydrogen-bond donors (Lipinski definition) is 8. The number of amides is 1. The fraction of sp³-hybridized carbons (Fsp3) is 0.613. The van der Waals surface area contributed by atoms with E-state index in [1.165, 1.54) is 39.3 Å². The second-order valence-electron chi connectivity index (χ2n) is 11.8. The quantitative estimate of drug-likeness (QED) is 0.0440. The van der Waals surface area contributed by atoms with Crippen molar-refractivity contribution in [2.75, 3.05) is 13.1 Å². The summed E-state index contributed by atoms with van der Waals surface area (Å²) in [6.07, 6.45) is 3.21. The predicted octanol–water partition coefficient (Wildman–Crippen LogP) is 1.17. The molecule has 2 aliphatic rings. The Hall–Kier alpha value is -1.30. The van der Waals surface area contributed by atoms with Gasteiger partial charge in [-0.25, -0.2) is 0 Å². The van der Waals surface area contributed by atoms with Crippen LogP contribution in [0.1, 0.15) is 38.2 Å². The van der Waals surface area contributed by atoms with E-state index in [2.05, 4.69) is 26.6 Å². The molecule has 14 nitrogen and oxygen atoms in total. The molecular formula is C31H46N6O8S6. The Balaban J connectivity index is 2.01. The maximum atomic E-state index is 13.7. The number of aldehydes is 4. The molecule has 6 unspecified atom stereocenters. The second-order valence-corrected chi connectivity index (χ2v) is 19.5. The van der Waals surface area contributed by atoms with Gasteiger partial charge in [-0.3, -0.25) is 30.9 Å². The number of benzene rings is 1. The van der Waals surface area contributed by atoms with Crippen LogP contribution < -0.4 is 32.3 Å². The highest BCUT2D eigenvalue weighted by atomic mass is 33.1. The molecule has 3 rings (SSSR count). The SMILES string of the molecule is C[C@@H](O)[C@@H](C=O)NC(=O)[C@H](CCCCN)NC1SSC(N[C@H](C=O)CC(=O)O)C2SSC(NCC=O)C2SSC1N[C@H](C=O)Cc1ccccc1. The van der Waals surface area contributed by atoms with E-state index < -0.39 is 64.7 Å². The summed E-state index contributed by atoms with van der Waals surface area (Å²) in [6, 6.07) is 6.07. The van der Waals surface area contributed by atoms with Crippen molar-refractivity contribution in [3.63, 3.8) is 0 Å². The number of carboxylic acid groups (broad SMARTS) is 1. The van der Waals surface area contributed by atoms with Crippen molar-refractivity contribution in [1.29, 1.82) is 0 Å². The molecule has 9 N–H and O–H groups in total. The molecule has 51 heavy (non-hydrogen) atoms. The fourth-order valence-electron chi connectivity index (χ4n) is 5.09. The van der Waals surface area contributed by atoms with Crippen LogP contribution >= 0.6 is 64.8 Å². The van der Waals surface area contributed by atoms with E-state index in [1.807, 2.05) is 30.3 Å². The second kappa shape index (κ2) is 24.2. The number of nitrogens with two attached hydrogens (primary N) is 1. The molecule has 0 bridgehead atoms. The Kier molecular flexibility index (Phi) is 20.9. The molecule has 284 valence electrons. The zero-order valence-corrected chi connectivity index (χ0v) is 32.8. The van der Waals surface area contributed by atoms with Gasteiger partial charge < -0.3 is 40.4 Å². The minimum atomic E-state index is -1.12. The topological polar surface area (TPSA) is 229 Å². The van der Waals surface area contributed by atoms with Crippen LogP contribution in [0.4, 0.5) is 0 Å². The van der Waals surface area contributed by atoms with Gasteiger partial charge in [-0.15, -0.1) is 0 Å². The molecule has 20 heteroatoms. The maximum Gasteiger partial charge on any atom is 0.305 e. The largest absolute Gasteiger partial charge is 0.481 e. The van der Waals surface area contributed by atoms with E-state index in [1.54, 1.807) is 32.4 Å². The summed E-state index contributed by atoms with van der Waals surface area (Å²) in [4.78, 5) is 72.7. The van der Waals surface area contributed by atoms with Crippen molar-refractivity contribution < 1.29 is 39.0 Å². The van der Waals surface area contributed by atoms with E-state index in [0.29, 0.717) is 44.8 Å². The number of unbranched alkanes of at least 4 members (excludes halogenated alkanes) is 1. The van der Waals surface area contributed by atoms with Crippen LogP contribution in [-0.4, -0.2) is 123 Å². The lowest BCUT2D eigenvalue weighted by Crippen LogP contribution is -2.57. The van der Waals surface area contributed by atoms with E-state index in [9.17, 15) is 39.0 Å². The molecule has 1 aromatic carbocycles. The fourth-order valence-corrected chi connectivity index (χ4v) is 17.4. The zero-order chi connectivity index (χ0) is 37.2. The van der Waals surface area contributed by atoms with Crippen LogP contribution in [0.15, 0.2) is 30.3 Å². The lowest BCUT2D eigenvalue weighted by molar-refractivity contribution is -0.138. The van der Waals surface area contributed by atoms with Crippen LogP contribution in [0.25, 0.3) is 0 Å². The molecule has 1 aromatic rings. The van der Waals surface area contributed by atoms with Crippen LogP contribution in [0.3, 0.4) is 0 Å². The van der Waals surface area contributed by atoms with Crippen molar-refractivity contribution in [2.45, 2.75) is 101 Å². The summed E-state index contributed by atoms with van der Waals surface area (Å²) in [5.74, 6) is -1.61. The monoisotopic (exact) mass is 822 g/mol. The summed E-state index contributed by atoms with van der Waals surface area (Å²) in [7, 11) is 8.96. The zero-order valence-electron chi connectivity index (χ0n) is 27.9. The third-order valence-corrected chi connectivity index (χ3v) is 17.7. The van der Waals surface area contributed by atoms with Crippen LogP contribution in [0.5, 0.6) is 0 Å². The molecular weight excluding hydrogens is 777 g/mol. The van der Waals surface area contributed by atoms with Gasteiger partial charge in [0.2, 0.25) is 5.91 Å². The number of aliphatic hydroxyl groups is 1. The number of fused-ring (bicyclic) bond motifs is 1. The summed E-state index contributed by atoms with van der Waals surface area (Å²) < 4.78 is 0. The first-order chi connectivity index (χ1) is 24.6. The predicted molar refractivity (Wildman–Crippen MR) is 210 cm³/mol. The van der Waals surface area contributed by atoms with Gasteiger partial charge in [0, 0.05) is 0 Å². The average Bonchev–Trinajstić information content (AvgIpc) is 3.54. The normalized spacial score (nSPS) is 26.5. The smallest absolute Gasteiger partial charge is 0.305 e. The number of hydrogen-bond acceptors (Lipinski definition) is 18. The molecule has 0 radical (unpaired) electrons. The van der Waals surface area contributed by atoms with Gasteiger partial charge in [0.05, 0.1) is 69.2 Å². The maximum absolute atomic E-state index is 13.7. The molecule has 2 heterocycles. The summed E-state index contributed by atoms with van der Waals surface area (Å²) in [5, 5.41) is 33.7. The minimum absolute atomic E-state index is 0.132. The van der Waals surface area contributed by atoms with Gasteiger partial charge in [0.25, 0.3) is 0 Å². The molecule has 0 aliphatic carbocycles. The number of aliphatic hydroxyl groups excluding tert-OH is 1. The van der Waals surface area contributed by atoms with Crippen molar-refractivity contribution in [1.82, 2.24) is 26.6 Å². The Bertz CT molecular complexity index is 1260. The molecule has 0 saturated carbocycles. The third-order valence-electron chi connectivity index (χ3n) is 7.78. The van der Waals surface area contributed by atoms with E-state index in [0.717, 1.165) is 18.1 Å². The number of carbonyl (C=O) groups is 6. The number of carboxylic acids is 1. The Morgan fingerprint density at radius 2 is 1.43 bits per heavy atom. The molecule has 2 saturated heterocycles. The first-order valence-electron chi connectivity index (χ1n) is 16.4. The molecule has 1 amide bonds. The van der Waals surface area contributed by atoms with Gasteiger partial charge in [0.1, 0.15) is 31.2 Å². The van der Waals surface area contributed by atoms with Crippen molar-refractivity contribution >= 4 is 102 Å². The Labute approximate surface area is 321 Å². The summed E-state index contributed by atoms with van der Waals surface area (Å²) in [6.45, 7) is 1.96. The van der Waals surface area contributed by atoms with Gasteiger partial charge in [-0.1, -0.05) is 102 Å². The van der Waals surface area contributed by atoms with E-state index in [4.69, 9.17) is 5.73 Å². The highest BCUT2D eigenvalue weighted by molar-refractivity contribution is 8.82. The molecule has 11 atom stereocenters. The van der Waals surface area contributed by atoms with Crippen molar-refractivity contribution in [3.8, 4) is 0 Å². The standard InChI is InChI=1S/C31H46N6O8S6/c1-18(42)23(17-41)36-27(45)22(9-5-6-10-32)37-31-30(35-20(15-39)13-19-7-3-2-4-8-19)50-46-25-26(47-48-28(25)33-11-12-38)29(49-51-31)34-21(16-40)14-24(43)44/h2-4,7-8,12,15-18,20-23,25-26,28-31,33-35,37,42H,5-6,9-11,13-14,32H2,1H3,(H,36,45)(H,43,44)/t18-,20+,21+,22+,23-,25?,26?,28?,29?,30?,31?/m1/s1. The Morgan fingerprint density at radius 1 is 0.824 bits per heavy atom. The molecule has 0 spiro atoms. The lowest BCUT2D eigenvalue weighted by atomic mass is 10.1. The number of rotatable bonds is 23. The van der Waals surface area contributed by atoms with E-state index >= 15 is 0 Å². The highest BCUT2D eigenvalue weighted by Gasteiger charge is 2.46. The van der Waals surface area contributed by atoms with Crippen molar-refractivity contribution in [3.05, 3.63) is 35.9 Å². The lowest BCUT2D eigenvalue weighted by Gasteiger charge is -2.33. The minimum Gasteiger partial charge on any atom is -0.481 e. The molecule has 0 aromatic heterocycles. The first-order valence-corrected chi connectivity index (χ1v) is 23.2. The van der Waals surface area contributed by atoms with E-state index in [-0.39, 0.29) is 22.4 Å². The van der Waals surface area contributed by atoms with Gasteiger partial charge in [-0.05, 0) is 38.3 Å². The number of carbonyl (C=O) groups excluding carboxylic acids is 5. The highest BCUT2D eigenvalue weighted by Crippen LogP contribution is 2.56. The van der Waals surface area contributed by atoms with Gasteiger partial charge in [0.15, 0.2) is 0 Å². The third kappa shape index (κ3) is 14.8. The van der Waals surface area contributed by atoms with Crippen LogP contribution in [0, 0.1) is 0 Å².